The van der Waals surface area contributed by atoms with E-state index in [1.54, 1.807) is 33.0 Å². The Morgan fingerprint density at radius 2 is 1.05 bits per heavy atom. The average molecular weight is 286 g/mol. The maximum absolute atomic E-state index is 2.59. The van der Waals surface area contributed by atoms with Gasteiger partial charge in [-0.3, -0.25) is 0 Å². The molecule has 0 N–H and O–H groups in total. The van der Waals surface area contributed by atoms with Crippen LogP contribution in [-0.4, -0.2) is 7.28 Å². The van der Waals surface area contributed by atoms with Gasteiger partial charge in [-0.25, -0.2) is 0 Å². The van der Waals surface area contributed by atoms with Gasteiger partial charge in [-0.1, -0.05) is 66.0 Å². The lowest BCUT2D eigenvalue weighted by Gasteiger charge is -2.65. The highest BCUT2D eigenvalue weighted by Crippen LogP contribution is 2.68. The summed E-state index contributed by atoms with van der Waals surface area (Å²) in [6, 6.07) is 0. The third-order valence-corrected chi connectivity index (χ3v) is 9.63. The van der Waals surface area contributed by atoms with Crippen molar-refractivity contribution in [1.82, 2.24) is 0 Å². The maximum atomic E-state index is 2.59. The Balaban J connectivity index is 1.42. The largest absolute Gasteiger partial charge is 0.128 e. The van der Waals surface area contributed by atoms with Crippen molar-refractivity contribution in [3.8, 4) is 0 Å². The first-order valence-electron chi connectivity index (χ1n) is 9.73. The van der Waals surface area contributed by atoms with Gasteiger partial charge in [0.15, 0.2) is 0 Å². The molecular formula is C20H35B. The van der Waals surface area contributed by atoms with Gasteiger partial charge in [0.05, 0.1) is 0 Å². The van der Waals surface area contributed by atoms with Crippen LogP contribution in [-0.2, 0) is 0 Å². The molecule has 0 nitrogen and oxygen atoms in total. The van der Waals surface area contributed by atoms with E-state index in [0.717, 1.165) is 47.1 Å². The fourth-order valence-corrected chi connectivity index (χ4v) is 7.52. The summed E-state index contributed by atoms with van der Waals surface area (Å²) in [4.78, 5) is 0. The van der Waals surface area contributed by atoms with Crippen LogP contribution in [0.15, 0.2) is 0 Å². The first-order valence-corrected chi connectivity index (χ1v) is 9.73. The minimum Gasteiger partial charge on any atom is -0.0626 e. The highest BCUT2D eigenvalue weighted by Gasteiger charge is 2.59. The van der Waals surface area contributed by atoms with Crippen LogP contribution < -0.4 is 0 Å². The zero-order chi connectivity index (χ0) is 15.2. The standard InChI is InChI=1S/C20H35B/c1-11-15-7-13(19(15,3)4)9-17(11)21-18-10-14-8-16(12(18)2)20(14,5)6/h11-18,21H,7-10H2,1-6H3. The molecule has 0 radical (unpaired) electrons. The van der Waals surface area contributed by atoms with E-state index in [1.807, 2.05) is 0 Å². The fraction of sp³-hybridized carbons (Fsp3) is 1.00. The molecule has 118 valence electrons. The summed E-state index contributed by atoms with van der Waals surface area (Å²) in [5, 5.41) is 0. The van der Waals surface area contributed by atoms with E-state index in [2.05, 4.69) is 41.5 Å². The molecule has 6 rings (SSSR count). The van der Waals surface area contributed by atoms with Crippen LogP contribution in [0.2, 0.25) is 11.6 Å². The zero-order valence-electron chi connectivity index (χ0n) is 15.2. The number of hydrogen-bond donors (Lipinski definition) is 0. The Kier molecular flexibility index (Phi) is 3.02. The molecule has 0 heterocycles. The van der Waals surface area contributed by atoms with Crippen LogP contribution in [0, 0.1) is 46.3 Å². The second kappa shape index (κ2) is 4.32. The van der Waals surface area contributed by atoms with Crippen LogP contribution in [0.4, 0.5) is 0 Å². The topological polar surface area (TPSA) is 0 Å². The summed E-state index contributed by atoms with van der Waals surface area (Å²) in [5.74, 6) is 8.25. The van der Waals surface area contributed by atoms with E-state index in [0.29, 0.717) is 10.8 Å². The molecule has 6 aliphatic carbocycles. The molecule has 8 unspecified atom stereocenters. The Morgan fingerprint density at radius 1 is 0.667 bits per heavy atom. The maximum Gasteiger partial charge on any atom is 0.128 e. The molecule has 0 spiro atoms. The molecule has 0 amide bonds. The van der Waals surface area contributed by atoms with Gasteiger partial charge in [0, 0.05) is 0 Å². The second-order valence-electron chi connectivity index (χ2n) is 10.7. The van der Waals surface area contributed by atoms with Gasteiger partial charge < -0.3 is 0 Å². The molecule has 0 aromatic carbocycles. The van der Waals surface area contributed by atoms with Crippen LogP contribution in [0.5, 0.6) is 0 Å². The predicted octanol–water partition coefficient (Wildman–Crippen LogP) is 5.40. The van der Waals surface area contributed by atoms with Crippen molar-refractivity contribution in [1.29, 1.82) is 0 Å². The first kappa shape index (κ1) is 14.6. The summed E-state index contributed by atoms with van der Waals surface area (Å²) >= 11 is 0. The van der Waals surface area contributed by atoms with E-state index in [1.165, 1.54) is 0 Å². The van der Waals surface area contributed by atoms with E-state index in [-0.39, 0.29) is 0 Å². The molecular weight excluding hydrogens is 251 g/mol. The lowest BCUT2D eigenvalue weighted by Crippen LogP contribution is -2.57. The lowest BCUT2D eigenvalue weighted by atomic mass is 9.31. The first-order chi connectivity index (χ1) is 9.73. The molecule has 6 fully saturated rings. The lowest BCUT2D eigenvalue weighted by molar-refractivity contribution is -0.106. The van der Waals surface area contributed by atoms with E-state index in [9.17, 15) is 0 Å². The number of rotatable bonds is 2. The average Bonchev–Trinajstić information content (AvgIpc) is 2.41. The molecule has 1 heteroatoms. The van der Waals surface area contributed by atoms with Crippen LogP contribution in [0.1, 0.15) is 67.2 Å². The monoisotopic (exact) mass is 286 g/mol. The van der Waals surface area contributed by atoms with E-state index < -0.39 is 0 Å². The summed E-state index contributed by atoms with van der Waals surface area (Å²) < 4.78 is 0. The quantitative estimate of drug-likeness (QED) is 0.596. The minimum atomic E-state index is 0.665. The Morgan fingerprint density at radius 3 is 1.33 bits per heavy atom. The molecule has 0 aromatic rings. The van der Waals surface area contributed by atoms with Gasteiger partial charge in [0.25, 0.3) is 0 Å². The van der Waals surface area contributed by atoms with Crippen molar-refractivity contribution >= 4 is 7.28 Å². The third-order valence-electron chi connectivity index (χ3n) is 9.63. The molecule has 6 saturated carbocycles. The SMILES string of the molecule is CC1C(BC2CC3CC(C2C)C3(C)C)CC2CC1C2(C)C. The molecule has 21 heavy (non-hydrogen) atoms. The molecule has 0 saturated heterocycles. The van der Waals surface area contributed by atoms with Gasteiger partial charge in [-0.05, 0) is 59.2 Å². The van der Waals surface area contributed by atoms with Crippen molar-refractivity contribution in [3.05, 3.63) is 0 Å². The Hall–Kier alpha value is 0.0649. The van der Waals surface area contributed by atoms with Crippen molar-refractivity contribution in [2.75, 3.05) is 0 Å². The van der Waals surface area contributed by atoms with Gasteiger partial charge >= 0.3 is 0 Å². The summed E-state index contributed by atoms with van der Waals surface area (Å²) in [6.45, 7) is 15.3. The van der Waals surface area contributed by atoms with Crippen molar-refractivity contribution in [3.63, 3.8) is 0 Å². The van der Waals surface area contributed by atoms with Gasteiger partial charge in [-0.2, -0.15) is 0 Å². The third kappa shape index (κ3) is 1.81. The molecule has 6 aliphatic rings. The number of fused-ring (bicyclic) bond motifs is 4. The van der Waals surface area contributed by atoms with Gasteiger partial charge in [0.2, 0.25) is 0 Å². The van der Waals surface area contributed by atoms with Gasteiger partial charge in [0.1, 0.15) is 7.28 Å². The zero-order valence-corrected chi connectivity index (χ0v) is 15.2. The van der Waals surface area contributed by atoms with Crippen LogP contribution in [0.3, 0.4) is 0 Å². The van der Waals surface area contributed by atoms with E-state index in [4.69, 9.17) is 0 Å². The molecule has 4 bridgehead atoms. The second-order valence-corrected chi connectivity index (χ2v) is 10.7. The van der Waals surface area contributed by atoms with Crippen molar-refractivity contribution < 1.29 is 0 Å². The van der Waals surface area contributed by atoms with Gasteiger partial charge in [-0.15, -0.1) is 0 Å². The highest BCUT2D eigenvalue weighted by atomic mass is 14.6. The molecule has 0 aromatic heterocycles. The van der Waals surface area contributed by atoms with E-state index >= 15 is 0 Å². The fourth-order valence-electron chi connectivity index (χ4n) is 7.52. The molecule has 0 aliphatic heterocycles. The minimum absolute atomic E-state index is 0.665. The smallest absolute Gasteiger partial charge is 0.0626 e. The Labute approximate surface area is 133 Å². The van der Waals surface area contributed by atoms with Crippen molar-refractivity contribution in [2.45, 2.75) is 78.9 Å². The summed E-state index contributed by atoms with van der Waals surface area (Å²) in [6.07, 6.45) is 6.19. The summed E-state index contributed by atoms with van der Waals surface area (Å²) in [7, 11) is 1.56. The predicted molar refractivity (Wildman–Crippen MR) is 93.0 cm³/mol. The molecule has 8 atom stereocenters. The van der Waals surface area contributed by atoms with Crippen LogP contribution in [0.25, 0.3) is 0 Å². The Bertz CT molecular complexity index is 397. The summed E-state index contributed by atoms with van der Waals surface area (Å²) in [5.41, 5.74) is 1.33. The van der Waals surface area contributed by atoms with Crippen molar-refractivity contribution in [2.24, 2.45) is 46.3 Å². The van der Waals surface area contributed by atoms with Crippen LogP contribution >= 0.6 is 0 Å². The highest BCUT2D eigenvalue weighted by molar-refractivity contribution is 6.40. The number of hydrogen-bond acceptors (Lipinski definition) is 0. The normalized spacial score (nSPS) is 56.1.